The van der Waals surface area contributed by atoms with E-state index in [4.69, 9.17) is 4.74 Å². The van der Waals surface area contributed by atoms with Crippen molar-refractivity contribution in [2.24, 2.45) is 0 Å². The summed E-state index contributed by atoms with van der Waals surface area (Å²) in [6, 6.07) is 5.86. The van der Waals surface area contributed by atoms with Crippen molar-refractivity contribution in [1.29, 1.82) is 0 Å². The van der Waals surface area contributed by atoms with E-state index in [1.165, 1.54) is 24.3 Å². The highest BCUT2D eigenvalue weighted by Gasteiger charge is 2.21. The van der Waals surface area contributed by atoms with Crippen LogP contribution in [0.1, 0.15) is 30.1 Å². The molecule has 24 heavy (non-hydrogen) atoms. The van der Waals surface area contributed by atoms with Crippen molar-refractivity contribution >= 4 is 11.6 Å². The lowest BCUT2D eigenvalue weighted by Crippen LogP contribution is -2.15. The number of ether oxygens (including phenoxy) is 1. The van der Waals surface area contributed by atoms with Gasteiger partial charge in [-0.3, -0.25) is 4.79 Å². The predicted octanol–water partition coefficient (Wildman–Crippen LogP) is 4.67. The number of benzene rings is 2. The molecule has 0 unspecified atom stereocenters. The van der Waals surface area contributed by atoms with Gasteiger partial charge < -0.3 is 10.1 Å². The molecule has 0 fully saturated rings. The molecule has 0 bridgehead atoms. The number of nitrogens with one attached hydrogen (secondary N) is 1. The smallest absolute Gasteiger partial charge is 0.255 e. The molecule has 0 saturated heterocycles. The van der Waals surface area contributed by atoms with E-state index < -0.39 is 34.9 Å². The summed E-state index contributed by atoms with van der Waals surface area (Å²) >= 11 is 0. The van der Waals surface area contributed by atoms with Crippen LogP contribution >= 0.6 is 0 Å². The minimum Gasteiger partial charge on any atom is -0.494 e. The molecule has 0 spiro atoms. The molecule has 1 N–H and O–H groups in total. The van der Waals surface area contributed by atoms with Gasteiger partial charge in [0.2, 0.25) is 0 Å². The second-order valence-corrected chi connectivity index (χ2v) is 5.02. The fourth-order valence-electron chi connectivity index (χ4n) is 1.91. The molecule has 0 radical (unpaired) electrons. The Balaban J connectivity index is 2.13. The average Bonchev–Trinajstić information content (AvgIpc) is 2.57. The number of carbonyl (C=O) groups excluding carboxylic acids is 1. The zero-order valence-corrected chi connectivity index (χ0v) is 12.8. The maximum absolute atomic E-state index is 13.5. The molecule has 2 aromatic carbocycles. The van der Waals surface area contributed by atoms with Crippen LogP contribution in [0.3, 0.4) is 0 Å². The third kappa shape index (κ3) is 4.04. The molecular weight excluding hydrogens is 326 g/mol. The Morgan fingerprint density at radius 3 is 2.17 bits per heavy atom. The van der Waals surface area contributed by atoms with Gasteiger partial charge in [-0.1, -0.05) is 13.3 Å². The molecule has 0 aliphatic rings. The van der Waals surface area contributed by atoms with Crippen molar-refractivity contribution in [2.45, 2.75) is 19.8 Å². The minimum atomic E-state index is -1.67. The van der Waals surface area contributed by atoms with Crippen LogP contribution in [0.4, 0.5) is 23.2 Å². The quantitative estimate of drug-likeness (QED) is 0.471. The van der Waals surface area contributed by atoms with E-state index in [0.717, 1.165) is 12.8 Å². The molecule has 0 aliphatic carbocycles. The highest BCUT2D eigenvalue weighted by Crippen LogP contribution is 2.25. The van der Waals surface area contributed by atoms with Gasteiger partial charge in [0.15, 0.2) is 23.3 Å². The molecule has 7 heteroatoms. The van der Waals surface area contributed by atoms with Crippen molar-refractivity contribution in [1.82, 2.24) is 0 Å². The van der Waals surface area contributed by atoms with Gasteiger partial charge in [-0.25, -0.2) is 17.6 Å². The zero-order valence-electron chi connectivity index (χ0n) is 12.8. The molecule has 128 valence electrons. The molecule has 0 atom stereocenters. The van der Waals surface area contributed by atoms with E-state index in [1.807, 2.05) is 12.2 Å². The maximum atomic E-state index is 13.5. The van der Waals surface area contributed by atoms with Crippen LogP contribution in [0.5, 0.6) is 5.75 Å². The number of hydrogen-bond donors (Lipinski definition) is 1. The van der Waals surface area contributed by atoms with Crippen molar-refractivity contribution in [3.63, 3.8) is 0 Å². The van der Waals surface area contributed by atoms with Gasteiger partial charge in [0.05, 0.1) is 6.61 Å². The van der Waals surface area contributed by atoms with Gasteiger partial charge in [0.25, 0.3) is 5.91 Å². The van der Waals surface area contributed by atoms with Crippen molar-refractivity contribution in [3.8, 4) is 5.75 Å². The first-order chi connectivity index (χ1) is 11.4. The van der Waals surface area contributed by atoms with Gasteiger partial charge in [-0.15, -0.1) is 0 Å². The average molecular weight is 341 g/mol. The molecule has 0 saturated carbocycles. The Bertz CT molecular complexity index is 706. The molecule has 0 heterocycles. The van der Waals surface area contributed by atoms with Crippen LogP contribution in [-0.4, -0.2) is 12.5 Å². The van der Waals surface area contributed by atoms with Crippen LogP contribution in [0.25, 0.3) is 0 Å². The summed E-state index contributed by atoms with van der Waals surface area (Å²) in [5.41, 5.74) is -1.11. The third-order valence-electron chi connectivity index (χ3n) is 3.23. The van der Waals surface area contributed by atoms with Crippen molar-refractivity contribution < 1.29 is 27.1 Å². The summed E-state index contributed by atoms with van der Waals surface area (Å²) < 4.78 is 58.7. The largest absolute Gasteiger partial charge is 0.494 e. The van der Waals surface area contributed by atoms with Gasteiger partial charge >= 0.3 is 0 Å². The lowest BCUT2D eigenvalue weighted by Gasteiger charge is -2.10. The molecule has 2 aromatic rings. The summed E-state index contributed by atoms with van der Waals surface area (Å²) in [4.78, 5) is 12.0. The van der Waals surface area contributed by atoms with Gasteiger partial charge in [-0.2, -0.15) is 0 Å². The van der Waals surface area contributed by atoms with Gasteiger partial charge in [-0.05, 0) is 30.7 Å². The maximum Gasteiger partial charge on any atom is 0.255 e. The second-order valence-electron chi connectivity index (χ2n) is 5.02. The van der Waals surface area contributed by atoms with Crippen LogP contribution in [0, 0.1) is 23.3 Å². The first kappa shape index (κ1) is 17.8. The number of unbranched alkanes of at least 4 members (excludes halogenated alkanes) is 1. The zero-order chi connectivity index (χ0) is 17.7. The second kappa shape index (κ2) is 7.81. The summed E-state index contributed by atoms with van der Waals surface area (Å²) in [5, 5.41) is 1.84. The minimum absolute atomic E-state index is 0.0568. The first-order valence-electron chi connectivity index (χ1n) is 7.31. The number of rotatable bonds is 6. The highest BCUT2D eigenvalue weighted by atomic mass is 19.2. The SMILES string of the molecule is CCCCOc1ccc(C(=O)Nc2c(F)c(F)cc(F)c2F)cc1. The summed E-state index contributed by atoms with van der Waals surface area (Å²) in [5.74, 6) is -6.89. The van der Waals surface area contributed by atoms with Crippen molar-refractivity contribution in [2.75, 3.05) is 11.9 Å². The van der Waals surface area contributed by atoms with E-state index in [9.17, 15) is 22.4 Å². The fraction of sp³-hybridized carbons (Fsp3) is 0.235. The third-order valence-corrected chi connectivity index (χ3v) is 3.23. The summed E-state index contributed by atoms with van der Waals surface area (Å²) in [6.07, 6.45) is 1.85. The predicted molar refractivity (Wildman–Crippen MR) is 81.1 cm³/mol. The normalized spacial score (nSPS) is 10.5. The van der Waals surface area contributed by atoms with E-state index in [2.05, 4.69) is 0 Å². The molecule has 3 nitrogen and oxygen atoms in total. The molecule has 0 aromatic heterocycles. The van der Waals surface area contributed by atoms with Crippen molar-refractivity contribution in [3.05, 3.63) is 59.2 Å². The van der Waals surface area contributed by atoms with Crippen LogP contribution in [0.2, 0.25) is 0 Å². The number of anilines is 1. The van der Waals surface area contributed by atoms with E-state index >= 15 is 0 Å². The lowest BCUT2D eigenvalue weighted by atomic mass is 10.2. The van der Waals surface area contributed by atoms with E-state index in [0.29, 0.717) is 12.4 Å². The van der Waals surface area contributed by atoms with E-state index in [-0.39, 0.29) is 11.6 Å². The molecule has 2 rings (SSSR count). The standard InChI is InChI=1S/C17H15F4NO2/c1-2-3-8-24-11-6-4-10(5-7-11)17(23)22-16-14(20)12(18)9-13(19)15(16)21/h4-7,9H,2-3,8H2,1H3,(H,22,23). The Morgan fingerprint density at radius 2 is 1.62 bits per heavy atom. The van der Waals surface area contributed by atoms with Gasteiger partial charge in [0.1, 0.15) is 11.4 Å². The van der Waals surface area contributed by atoms with Crippen LogP contribution in [-0.2, 0) is 0 Å². The Kier molecular flexibility index (Phi) is 5.78. The van der Waals surface area contributed by atoms with Gasteiger partial charge in [0, 0.05) is 11.6 Å². The van der Waals surface area contributed by atoms with E-state index in [1.54, 1.807) is 0 Å². The molecule has 0 aliphatic heterocycles. The highest BCUT2D eigenvalue weighted by molar-refractivity contribution is 6.04. The van der Waals surface area contributed by atoms with Crippen LogP contribution < -0.4 is 10.1 Å². The number of halogens is 4. The number of amides is 1. The Hall–Kier alpha value is -2.57. The molecule has 1 amide bonds. The summed E-state index contributed by atoms with van der Waals surface area (Å²) in [7, 11) is 0. The Labute approximate surface area is 136 Å². The van der Waals surface area contributed by atoms with Crippen LogP contribution in [0.15, 0.2) is 30.3 Å². The lowest BCUT2D eigenvalue weighted by molar-refractivity contribution is 0.102. The Morgan fingerprint density at radius 1 is 1.04 bits per heavy atom. The topological polar surface area (TPSA) is 38.3 Å². The molecular formula is C17H15F4NO2. The number of hydrogen-bond acceptors (Lipinski definition) is 2. The first-order valence-corrected chi connectivity index (χ1v) is 7.31. The summed E-state index contributed by atoms with van der Waals surface area (Å²) in [6.45, 7) is 2.55. The monoisotopic (exact) mass is 341 g/mol. The fourth-order valence-corrected chi connectivity index (χ4v) is 1.91. The number of carbonyl (C=O) groups is 1.